The number of hydrogen-bond donors (Lipinski definition) is 2. The average molecular weight is 219 g/mol. The zero-order chi connectivity index (χ0) is 11.3. The predicted molar refractivity (Wildman–Crippen MR) is 67.3 cm³/mol. The highest BCUT2D eigenvalue weighted by Gasteiger charge is 2.30. The molecule has 88 valence electrons. The van der Waals surface area contributed by atoms with E-state index in [1.54, 1.807) is 0 Å². The van der Waals surface area contributed by atoms with Crippen molar-refractivity contribution < 1.29 is 0 Å². The molecule has 1 aromatic heterocycles. The molecule has 1 aliphatic rings. The van der Waals surface area contributed by atoms with Crippen molar-refractivity contribution in [3.63, 3.8) is 0 Å². The monoisotopic (exact) mass is 219 g/mol. The molecule has 0 unspecified atom stereocenters. The number of anilines is 1. The maximum absolute atomic E-state index is 5.94. The number of pyridine rings is 1. The molecule has 1 aromatic rings. The molecule has 1 heterocycles. The van der Waals surface area contributed by atoms with E-state index in [1.807, 2.05) is 24.4 Å². The Morgan fingerprint density at radius 2 is 2.06 bits per heavy atom. The molecule has 3 N–H and O–H groups in total. The predicted octanol–water partition coefficient (Wildman–Crippen LogP) is 2.40. The first-order chi connectivity index (χ1) is 7.85. The van der Waals surface area contributed by atoms with Crippen LogP contribution in [0.5, 0.6) is 0 Å². The first-order valence-corrected chi connectivity index (χ1v) is 6.20. The smallest absolute Gasteiger partial charge is 0.125 e. The van der Waals surface area contributed by atoms with Crippen LogP contribution in [0.1, 0.15) is 32.1 Å². The minimum absolute atomic E-state index is 0.301. The van der Waals surface area contributed by atoms with Gasteiger partial charge in [-0.3, -0.25) is 0 Å². The van der Waals surface area contributed by atoms with Gasteiger partial charge in [-0.25, -0.2) is 4.98 Å². The van der Waals surface area contributed by atoms with Crippen LogP contribution in [0.2, 0.25) is 0 Å². The van der Waals surface area contributed by atoms with E-state index >= 15 is 0 Å². The molecule has 0 aromatic carbocycles. The van der Waals surface area contributed by atoms with E-state index < -0.39 is 0 Å². The Kier molecular flexibility index (Phi) is 3.78. The normalized spacial score (nSPS) is 19.3. The Morgan fingerprint density at radius 3 is 2.69 bits per heavy atom. The Morgan fingerprint density at radius 1 is 1.25 bits per heavy atom. The van der Waals surface area contributed by atoms with Crippen LogP contribution in [0, 0.1) is 5.41 Å². The SMILES string of the molecule is NCC1(CNc2ccccn2)CCCCC1. The number of nitrogens with two attached hydrogens (primary N) is 1. The zero-order valence-corrected chi connectivity index (χ0v) is 9.78. The molecule has 2 rings (SSSR count). The van der Waals surface area contributed by atoms with Crippen LogP contribution in [0.3, 0.4) is 0 Å². The summed E-state index contributed by atoms with van der Waals surface area (Å²) in [6, 6.07) is 5.95. The van der Waals surface area contributed by atoms with Crippen LogP contribution in [-0.2, 0) is 0 Å². The van der Waals surface area contributed by atoms with Crippen LogP contribution in [0.15, 0.2) is 24.4 Å². The van der Waals surface area contributed by atoms with E-state index in [0.29, 0.717) is 5.41 Å². The average Bonchev–Trinajstić information content (AvgIpc) is 2.39. The second-order valence-electron chi connectivity index (χ2n) is 4.83. The third-order valence-electron chi connectivity index (χ3n) is 3.66. The molecule has 0 amide bonds. The second kappa shape index (κ2) is 5.30. The molecule has 0 atom stereocenters. The fraction of sp³-hybridized carbons (Fsp3) is 0.615. The summed E-state index contributed by atoms with van der Waals surface area (Å²) in [5, 5.41) is 3.42. The van der Waals surface area contributed by atoms with Gasteiger partial charge in [0.2, 0.25) is 0 Å². The highest BCUT2D eigenvalue weighted by atomic mass is 15.0. The van der Waals surface area contributed by atoms with E-state index in [0.717, 1.165) is 18.9 Å². The number of aromatic nitrogens is 1. The molecule has 1 fully saturated rings. The summed E-state index contributed by atoms with van der Waals surface area (Å²) < 4.78 is 0. The lowest BCUT2D eigenvalue weighted by molar-refractivity contribution is 0.215. The summed E-state index contributed by atoms with van der Waals surface area (Å²) in [4.78, 5) is 4.28. The van der Waals surface area contributed by atoms with Crippen molar-refractivity contribution in [3.8, 4) is 0 Å². The molecule has 0 saturated heterocycles. The lowest BCUT2D eigenvalue weighted by Gasteiger charge is -2.36. The van der Waals surface area contributed by atoms with Gasteiger partial charge in [0, 0.05) is 12.7 Å². The molecule has 0 bridgehead atoms. The molecular weight excluding hydrogens is 198 g/mol. The standard InChI is InChI=1S/C13H21N3/c14-10-13(7-3-1-4-8-13)11-16-12-6-2-5-9-15-12/h2,5-6,9H,1,3-4,7-8,10-11,14H2,(H,15,16). The summed E-state index contributed by atoms with van der Waals surface area (Å²) in [5.74, 6) is 0.959. The van der Waals surface area contributed by atoms with Crippen molar-refractivity contribution >= 4 is 5.82 Å². The molecule has 3 heteroatoms. The van der Waals surface area contributed by atoms with Crippen LogP contribution in [0.4, 0.5) is 5.82 Å². The van der Waals surface area contributed by atoms with E-state index in [1.165, 1.54) is 32.1 Å². The number of rotatable bonds is 4. The van der Waals surface area contributed by atoms with Crippen molar-refractivity contribution in [2.45, 2.75) is 32.1 Å². The fourth-order valence-corrected chi connectivity index (χ4v) is 2.50. The van der Waals surface area contributed by atoms with Crippen LogP contribution in [0.25, 0.3) is 0 Å². The van der Waals surface area contributed by atoms with Crippen molar-refractivity contribution in [2.24, 2.45) is 11.1 Å². The number of nitrogens with zero attached hydrogens (tertiary/aromatic N) is 1. The van der Waals surface area contributed by atoms with Crippen molar-refractivity contribution in [1.29, 1.82) is 0 Å². The van der Waals surface area contributed by atoms with Crippen LogP contribution in [-0.4, -0.2) is 18.1 Å². The van der Waals surface area contributed by atoms with Crippen molar-refractivity contribution in [2.75, 3.05) is 18.4 Å². The van der Waals surface area contributed by atoms with Gasteiger partial charge in [0.15, 0.2) is 0 Å². The lowest BCUT2D eigenvalue weighted by atomic mass is 9.74. The molecule has 3 nitrogen and oxygen atoms in total. The highest BCUT2D eigenvalue weighted by molar-refractivity contribution is 5.33. The van der Waals surface area contributed by atoms with Gasteiger partial charge in [-0.15, -0.1) is 0 Å². The highest BCUT2D eigenvalue weighted by Crippen LogP contribution is 2.35. The maximum Gasteiger partial charge on any atom is 0.125 e. The summed E-state index contributed by atoms with van der Waals surface area (Å²) in [6.07, 6.45) is 8.33. The first kappa shape index (κ1) is 11.4. The van der Waals surface area contributed by atoms with Gasteiger partial charge in [0.05, 0.1) is 0 Å². The second-order valence-corrected chi connectivity index (χ2v) is 4.83. The molecule has 0 spiro atoms. The van der Waals surface area contributed by atoms with Crippen molar-refractivity contribution in [1.82, 2.24) is 4.98 Å². The first-order valence-electron chi connectivity index (χ1n) is 6.20. The van der Waals surface area contributed by atoms with Crippen molar-refractivity contribution in [3.05, 3.63) is 24.4 Å². The Labute approximate surface area is 97.5 Å². The van der Waals surface area contributed by atoms with Gasteiger partial charge in [0.25, 0.3) is 0 Å². The van der Waals surface area contributed by atoms with Crippen LogP contribution < -0.4 is 11.1 Å². The summed E-state index contributed by atoms with van der Waals surface area (Å²) >= 11 is 0. The van der Waals surface area contributed by atoms with Gasteiger partial charge < -0.3 is 11.1 Å². The zero-order valence-electron chi connectivity index (χ0n) is 9.78. The molecular formula is C13H21N3. The van der Waals surface area contributed by atoms with Gasteiger partial charge in [0.1, 0.15) is 5.82 Å². The summed E-state index contributed by atoms with van der Waals surface area (Å²) in [6.45, 7) is 1.74. The van der Waals surface area contributed by atoms with E-state index in [9.17, 15) is 0 Å². The lowest BCUT2D eigenvalue weighted by Crippen LogP contribution is -2.39. The largest absolute Gasteiger partial charge is 0.369 e. The third kappa shape index (κ3) is 2.73. The Hall–Kier alpha value is -1.09. The third-order valence-corrected chi connectivity index (χ3v) is 3.66. The molecule has 16 heavy (non-hydrogen) atoms. The maximum atomic E-state index is 5.94. The van der Waals surface area contributed by atoms with E-state index in [4.69, 9.17) is 5.73 Å². The Balaban J connectivity index is 1.92. The summed E-state index contributed by atoms with van der Waals surface area (Å²) in [5.41, 5.74) is 6.24. The molecule has 1 aliphatic carbocycles. The number of hydrogen-bond acceptors (Lipinski definition) is 3. The van der Waals surface area contributed by atoms with E-state index in [2.05, 4.69) is 10.3 Å². The summed E-state index contributed by atoms with van der Waals surface area (Å²) in [7, 11) is 0. The van der Waals surface area contributed by atoms with E-state index in [-0.39, 0.29) is 0 Å². The quantitative estimate of drug-likeness (QED) is 0.817. The topological polar surface area (TPSA) is 50.9 Å². The molecule has 1 saturated carbocycles. The molecule has 0 aliphatic heterocycles. The van der Waals surface area contributed by atoms with Gasteiger partial charge in [-0.05, 0) is 36.9 Å². The Bertz CT molecular complexity index is 304. The number of nitrogens with one attached hydrogen (secondary N) is 1. The van der Waals surface area contributed by atoms with Gasteiger partial charge in [-0.2, -0.15) is 0 Å². The minimum atomic E-state index is 0.301. The fourth-order valence-electron chi connectivity index (χ4n) is 2.50. The minimum Gasteiger partial charge on any atom is -0.369 e. The molecule has 0 radical (unpaired) electrons. The van der Waals surface area contributed by atoms with Crippen LogP contribution >= 0.6 is 0 Å². The van der Waals surface area contributed by atoms with Gasteiger partial charge in [-0.1, -0.05) is 25.3 Å². The van der Waals surface area contributed by atoms with Gasteiger partial charge >= 0.3 is 0 Å².